The van der Waals surface area contributed by atoms with Crippen molar-refractivity contribution < 1.29 is 4.74 Å². The molecule has 1 heterocycles. The first-order valence-electron chi connectivity index (χ1n) is 7.62. The summed E-state index contributed by atoms with van der Waals surface area (Å²) in [5.41, 5.74) is 9.32. The zero-order chi connectivity index (χ0) is 17.8. The van der Waals surface area contributed by atoms with Crippen molar-refractivity contribution in [1.29, 1.82) is 0 Å². The highest BCUT2D eigenvalue weighted by Gasteiger charge is 2.12. The number of aromatic nitrogens is 2. The van der Waals surface area contributed by atoms with E-state index in [0.717, 1.165) is 11.3 Å². The number of aryl methyl sites for hydroxylation is 1. The van der Waals surface area contributed by atoms with E-state index in [9.17, 15) is 0 Å². The van der Waals surface area contributed by atoms with E-state index in [1.165, 1.54) is 6.33 Å². The van der Waals surface area contributed by atoms with Crippen LogP contribution in [0, 0.1) is 6.92 Å². The van der Waals surface area contributed by atoms with Gasteiger partial charge < -0.3 is 21.1 Å². The second kappa shape index (κ2) is 7.27. The highest BCUT2D eigenvalue weighted by molar-refractivity contribution is 6.31. The predicted molar refractivity (Wildman–Crippen MR) is 102 cm³/mol. The van der Waals surface area contributed by atoms with E-state index in [-0.39, 0.29) is 0 Å². The molecule has 128 valence electrons. The standard InChI is InChI=1S/C18H18ClN5O/c1-11-5-3-4-6-13(11)23-17-16(20)18(22-10-21-17)24-14-9-12(19)7-8-15(14)25-2/h3-10H,20H2,1-2H3,(H2,21,22,23,24). The van der Waals surface area contributed by atoms with Gasteiger partial charge in [0.2, 0.25) is 0 Å². The number of halogens is 1. The molecule has 1 aromatic heterocycles. The molecule has 0 aliphatic carbocycles. The fourth-order valence-electron chi connectivity index (χ4n) is 2.34. The Morgan fingerprint density at radius 1 is 1.00 bits per heavy atom. The van der Waals surface area contributed by atoms with Crippen LogP contribution in [0.4, 0.5) is 28.7 Å². The van der Waals surface area contributed by atoms with Crippen LogP contribution in [0.2, 0.25) is 5.02 Å². The highest BCUT2D eigenvalue weighted by atomic mass is 35.5. The van der Waals surface area contributed by atoms with Crippen molar-refractivity contribution in [2.24, 2.45) is 0 Å². The third-order valence-corrected chi connectivity index (χ3v) is 3.93. The molecule has 0 aliphatic rings. The summed E-state index contributed by atoms with van der Waals surface area (Å²) >= 11 is 6.06. The number of methoxy groups -OCH3 is 1. The number of anilines is 5. The second-order valence-corrected chi connectivity index (χ2v) is 5.83. The lowest BCUT2D eigenvalue weighted by atomic mass is 10.2. The number of para-hydroxylation sites is 1. The van der Waals surface area contributed by atoms with E-state index in [1.54, 1.807) is 25.3 Å². The lowest BCUT2D eigenvalue weighted by molar-refractivity contribution is 0.417. The molecule has 3 aromatic rings. The van der Waals surface area contributed by atoms with Gasteiger partial charge >= 0.3 is 0 Å². The van der Waals surface area contributed by atoms with Crippen molar-refractivity contribution in [2.45, 2.75) is 6.92 Å². The fourth-order valence-corrected chi connectivity index (χ4v) is 2.51. The maximum absolute atomic E-state index is 6.23. The maximum Gasteiger partial charge on any atom is 0.159 e. The average Bonchev–Trinajstić information content (AvgIpc) is 2.60. The molecular weight excluding hydrogens is 338 g/mol. The van der Waals surface area contributed by atoms with Gasteiger partial charge in [-0.15, -0.1) is 0 Å². The van der Waals surface area contributed by atoms with E-state index < -0.39 is 0 Å². The van der Waals surface area contributed by atoms with Gasteiger partial charge in [-0.25, -0.2) is 9.97 Å². The number of ether oxygens (including phenoxy) is 1. The van der Waals surface area contributed by atoms with Gasteiger partial charge in [0.05, 0.1) is 12.8 Å². The summed E-state index contributed by atoms with van der Waals surface area (Å²) in [6, 6.07) is 13.2. The molecule has 2 aromatic carbocycles. The quantitative estimate of drug-likeness (QED) is 0.624. The third-order valence-electron chi connectivity index (χ3n) is 3.70. The molecule has 4 N–H and O–H groups in total. The normalized spacial score (nSPS) is 10.4. The number of benzene rings is 2. The van der Waals surface area contributed by atoms with Crippen LogP contribution in [0.5, 0.6) is 5.75 Å². The summed E-state index contributed by atoms with van der Waals surface area (Å²) in [4.78, 5) is 8.45. The maximum atomic E-state index is 6.23. The Morgan fingerprint density at radius 3 is 2.36 bits per heavy atom. The number of rotatable bonds is 5. The lowest BCUT2D eigenvalue weighted by Gasteiger charge is -2.15. The molecule has 0 spiro atoms. The van der Waals surface area contributed by atoms with Gasteiger partial charge in [0.15, 0.2) is 11.6 Å². The van der Waals surface area contributed by atoms with Crippen molar-refractivity contribution in [2.75, 3.05) is 23.5 Å². The Labute approximate surface area is 151 Å². The van der Waals surface area contributed by atoms with E-state index in [2.05, 4.69) is 20.6 Å². The summed E-state index contributed by atoms with van der Waals surface area (Å²) in [6.07, 6.45) is 1.44. The topological polar surface area (TPSA) is 85.1 Å². The molecule has 0 saturated heterocycles. The molecule has 6 nitrogen and oxygen atoms in total. The van der Waals surface area contributed by atoms with Crippen LogP contribution in [-0.2, 0) is 0 Å². The number of hydrogen-bond acceptors (Lipinski definition) is 6. The van der Waals surface area contributed by atoms with Crippen molar-refractivity contribution >= 4 is 40.3 Å². The molecule has 0 aliphatic heterocycles. The van der Waals surface area contributed by atoms with E-state index in [1.807, 2.05) is 31.2 Å². The van der Waals surface area contributed by atoms with Crippen LogP contribution in [-0.4, -0.2) is 17.1 Å². The smallest absolute Gasteiger partial charge is 0.159 e. The van der Waals surface area contributed by atoms with Crippen molar-refractivity contribution in [3.8, 4) is 5.75 Å². The first-order chi connectivity index (χ1) is 12.1. The largest absolute Gasteiger partial charge is 0.495 e. The Morgan fingerprint density at radius 2 is 1.68 bits per heavy atom. The molecule has 7 heteroatoms. The summed E-state index contributed by atoms with van der Waals surface area (Å²) in [7, 11) is 1.59. The van der Waals surface area contributed by atoms with Gasteiger partial charge in [-0.05, 0) is 36.8 Å². The van der Waals surface area contributed by atoms with Crippen molar-refractivity contribution in [1.82, 2.24) is 9.97 Å². The number of nitrogen functional groups attached to an aromatic ring is 1. The van der Waals surface area contributed by atoms with Crippen LogP contribution in [0.25, 0.3) is 0 Å². The van der Waals surface area contributed by atoms with Gasteiger partial charge in [-0.2, -0.15) is 0 Å². The molecule has 0 amide bonds. The minimum absolute atomic E-state index is 0.396. The zero-order valence-corrected chi connectivity index (χ0v) is 14.6. The van der Waals surface area contributed by atoms with Crippen LogP contribution >= 0.6 is 11.6 Å². The van der Waals surface area contributed by atoms with Gasteiger partial charge in [0.1, 0.15) is 17.8 Å². The second-order valence-electron chi connectivity index (χ2n) is 5.39. The van der Waals surface area contributed by atoms with Crippen molar-refractivity contribution in [3.63, 3.8) is 0 Å². The minimum Gasteiger partial charge on any atom is -0.495 e. The van der Waals surface area contributed by atoms with Gasteiger partial charge in [-0.3, -0.25) is 0 Å². The summed E-state index contributed by atoms with van der Waals surface area (Å²) in [5.74, 6) is 1.62. The van der Waals surface area contributed by atoms with Crippen LogP contribution in [0.1, 0.15) is 5.56 Å². The Balaban J connectivity index is 1.92. The van der Waals surface area contributed by atoms with Gasteiger partial charge in [0, 0.05) is 10.7 Å². The first kappa shape index (κ1) is 16.9. The predicted octanol–water partition coefficient (Wildman–Crippen LogP) is 4.52. The summed E-state index contributed by atoms with van der Waals surface area (Å²) in [5, 5.41) is 6.96. The number of nitrogens with zero attached hydrogens (tertiary/aromatic N) is 2. The molecule has 0 saturated carbocycles. The van der Waals surface area contributed by atoms with Crippen LogP contribution in [0.15, 0.2) is 48.8 Å². The number of nitrogens with one attached hydrogen (secondary N) is 2. The van der Waals surface area contributed by atoms with E-state index in [4.69, 9.17) is 22.1 Å². The molecule has 3 rings (SSSR count). The first-order valence-corrected chi connectivity index (χ1v) is 8.00. The SMILES string of the molecule is COc1ccc(Cl)cc1Nc1ncnc(Nc2ccccc2C)c1N. The summed E-state index contributed by atoms with van der Waals surface area (Å²) in [6.45, 7) is 2.01. The Kier molecular flexibility index (Phi) is 4.90. The number of nitrogens with two attached hydrogens (primary N) is 1. The third kappa shape index (κ3) is 3.75. The molecule has 0 bridgehead atoms. The number of hydrogen-bond donors (Lipinski definition) is 3. The van der Waals surface area contributed by atoms with Gasteiger partial charge in [-0.1, -0.05) is 29.8 Å². The summed E-state index contributed by atoms with van der Waals surface area (Å²) < 4.78 is 5.33. The molecule has 0 radical (unpaired) electrons. The van der Waals surface area contributed by atoms with Gasteiger partial charge in [0.25, 0.3) is 0 Å². The Hall–Kier alpha value is -2.99. The van der Waals surface area contributed by atoms with Crippen LogP contribution in [0.3, 0.4) is 0 Å². The average molecular weight is 356 g/mol. The minimum atomic E-state index is 0.396. The molecule has 0 atom stereocenters. The zero-order valence-electron chi connectivity index (χ0n) is 13.9. The highest BCUT2D eigenvalue weighted by Crippen LogP contribution is 2.34. The van der Waals surface area contributed by atoms with E-state index >= 15 is 0 Å². The monoisotopic (exact) mass is 355 g/mol. The van der Waals surface area contributed by atoms with E-state index in [0.29, 0.717) is 33.8 Å². The molecular formula is C18H18ClN5O. The molecule has 25 heavy (non-hydrogen) atoms. The molecule has 0 unspecified atom stereocenters. The fraction of sp³-hybridized carbons (Fsp3) is 0.111. The molecule has 0 fully saturated rings. The lowest BCUT2D eigenvalue weighted by Crippen LogP contribution is -2.06. The van der Waals surface area contributed by atoms with Crippen molar-refractivity contribution in [3.05, 3.63) is 59.4 Å². The van der Waals surface area contributed by atoms with Crippen LogP contribution < -0.4 is 21.1 Å². The Bertz CT molecular complexity index is 900.